The van der Waals surface area contributed by atoms with Gasteiger partial charge in [0.2, 0.25) is 5.91 Å². The Morgan fingerprint density at radius 2 is 2.12 bits per heavy atom. The summed E-state index contributed by atoms with van der Waals surface area (Å²) in [6.07, 6.45) is 8.07. The molecular formula is C30H37F2N7O4. The normalized spacial score (nSPS) is 17.9. The molecule has 1 amide bonds. The van der Waals surface area contributed by atoms with Gasteiger partial charge in [0.15, 0.2) is 23.1 Å². The fourth-order valence-electron chi connectivity index (χ4n) is 5.63. The number of rotatable bonds is 12. The lowest BCUT2D eigenvalue weighted by molar-refractivity contribution is -0.118. The molecule has 230 valence electrons. The third-order valence-corrected chi connectivity index (χ3v) is 7.68. The molecule has 1 aromatic heterocycles. The molecular weight excluding hydrogens is 560 g/mol. The number of carbonyl (C=O) groups excluding carboxylic acids is 1. The molecule has 2 aromatic carbocycles. The highest BCUT2D eigenvalue weighted by atomic mass is 19.2. The van der Waals surface area contributed by atoms with Crippen molar-refractivity contribution in [3.8, 4) is 11.5 Å². The first kappa shape index (κ1) is 30.2. The van der Waals surface area contributed by atoms with E-state index in [9.17, 15) is 18.7 Å². The number of nitrogens with two attached hydrogens (primary N) is 1. The molecule has 4 N–H and O–H groups in total. The van der Waals surface area contributed by atoms with Gasteiger partial charge in [-0.1, -0.05) is 12.5 Å². The van der Waals surface area contributed by atoms with Gasteiger partial charge in [-0.25, -0.2) is 13.8 Å². The molecule has 3 aromatic rings. The smallest absolute Gasteiger partial charge is 0.239 e. The number of primary amides is 1. The molecule has 5 rings (SSSR count). The molecule has 0 saturated carbocycles. The van der Waals surface area contributed by atoms with Crippen LogP contribution in [0.4, 0.5) is 25.8 Å². The maximum atomic E-state index is 15.0. The standard InChI is InChI=1S/C30H37F2N7O4/c1-42-26-14-22-24(15-27(26)43-13-5-11-37-10-3-2-6-21(37)9-12-40)34-19-39(25-8-4-7-23(31)29(25)32)30(22)36-20-16-35-38(17-20)18-28(33)41/h4,7-8,14-17,21,34,40H,2-3,5-6,9-13,18-19H2,1H3,(H2,33,41). The third kappa shape index (κ3) is 7.05. The van der Waals surface area contributed by atoms with Gasteiger partial charge in [0.25, 0.3) is 0 Å². The number of aliphatic hydroxyl groups excluding tert-OH is 1. The van der Waals surface area contributed by atoms with E-state index in [1.807, 2.05) is 6.07 Å². The number of aliphatic imine (C=N–C) groups is 1. The summed E-state index contributed by atoms with van der Waals surface area (Å²) in [7, 11) is 1.53. The number of benzene rings is 2. The van der Waals surface area contributed by atoms with Crippen molar-refractivity contribution in [1.82, 2.24) is 14.7 Å². The van der Waals surface area contributed by atoms with E-state index in [-0.39, 0.29) is 25.5 Å². The van der Waals surface area contributed by atoms with Gasteiger partial charge < -0.3 is 35.4 Å². The maximum Gasteiger partial charge on any atom is 0.239 e. The molecule has 1 unspecified atom stereocenters. The van der Waals surface area contributed by atoms with Crippen LogP contribution in [-0.4, -0.2) is 77.7 Å². The topological polar surface area (TPSA) is 130 Å². The molecule has 1 atom stereocenters. The Labute approximate surface area is 248 Å². The molecule has 3 heterocycles. The highest BCUT2D eigenvalue weighted by Crippen LogP contribution is 2.38. The van der Waals surface area contributed by atoms with E-state index >= 15 is 0 Å². The van der Waals surface area contributed by atoms with Gasteiger partial charge in [-0.2, -0.15) is 5.10 Å². The molecule has 0 bridgehead atoms. The first-order valence-corrected chi connectivity index (χ1v) is 14.4. The van der Waals surface area contributed by atoms with E-state index in [0.29, 0.717) is 46.9 Å². The monoisotopic (exact) mass is 597 g/mol. The number of fused-ring (bicyclic) bond motifs is 1. The zero-order valence-corrected chi connectivity index (χ0v) is 24.1. The van der Waals surface area contributed by atoms with Gasteiger partial charge in [-0.3, -0.25) is 9.48 Å². The summed E-state index contributed by atoms with van der Waals surface area (Å²) in [6, 6.07) is 7.93. The fraction of sp³-hybridized carbons (Fsp3) is 0.433. The second-order valence-electron chi connectivity index (χ2n) is 10.6. The maximum absolute atomic E-state index is 15.0. The van der Waals surface area contributed by atoms with Crippen LogP contribution in [0.15, 0.2) is 47.7 Å². The number of aromatic nitrogens is 2. The van der Waals surface area contributed by atoms with Crippen molar-refractivity contribution in [2.24, 2.45) is 10.7 Å². The van der Waals surface area contributed by atoms with E-state index in [4.69, 9.17) is 20.2 Å². The summed E-state index contributed by atoms with van der Waals surface area (Å²) < 4.78 is 42.4. The number of hydrogen-bond acceptors (Lipinski definition) is 8. The number of nitrogens with zero attached hydrogens (tertiary/aromatic N) is 5. The zero-order chi connectivity index (χ0) is 30.3. The molecule has 0 radical (unpaired) electrons. The first-order chi connectivity index (χ1) is 20.9. The number of likely N-dealkylation sites (tertiary alicyclic amines) is 1. The van der Waals surface area contributed by atoms with Crippen LogP contribution in [-0.2, 0) is 11.3 Å². The summed E-state index contributed by atoms with van der Waals surface area (Å²) in [6.45, 7) is 2.54. The highest BCUT2D eigenvalue weighted by Gasteiger charge is 2.29. The number of halogens is 2. The molecule has 1 saturated heterocycles. The van der Waals surface area contributed by atoms with Gasteiger partial charge in [0.1, 0.15) is 18.1 Å². The van der Waals surface area contributed by atoms with Crippen LogP contribution in [0.3, 0.4) is 0 Å². The molecule has 2 aliphatic heterocycles. The van der Waals surface area contributed by atoms with Gasteiger partial charge >= 0.3 is 0 Å². The fourth-order valence-corrected chi connectivity index (χ4v) is 5.63. The largest absolute Gasteiger partial charge is 0.493 e. The second kappa shape index (κ2) is 13.8. The van der Waals surface area contributed by atoms with Crippen molar-refractivity contribution in [3.05, 3.63) is 59.9 Å². The Morgan fingerprint density at radius 3 is 2.91 bits per heavy atom. The number of methoxy groups -OCH3 is 1. The van der Waals surface area contributed by atoms with E-state index in [0.717, 1.165) is 38.4 Å². The summed E-state index contributed by atoms with van der Waals surface area (Å²) >= 11 is 0. The lowest BCUT2D eigenvalue weighted by atomic mass is 9.99. The number of amides is 1. The van der Waals surface area contributed by atoms with Crippen LogP contribution in [0.2, 0.25) is 0 Å². The second-order valence-corrected chi connectivity index (χ2v) is 10.6. The average molecular weight is 598 g/mol. The van der Waals surface area contributed by atoms with Crippen molar-refractivity contribution in [2.45, 2.75) is 44.7 Å². The van der Waals surface area contributed by atoms with E-state index in [1.54, 1.807) is 12.3 Å². The van der Waals surface area contributed by atoms with Crippen molar-refractivity contribution >= 4 is 28.8 Å². The van der Waals surface area contributed by atoms with Crippen molar-refractivity contribution < 1.29 is 28.2 Å². The quantitative estimate of drug-likeness (QED) is 0.270. The molecule has 13 heteroatoms. The van der Waals surface area contributed by atoms with Crippen LogP contribution >= 0.6 is 0 Å². The highest BCUT2D eigenvalue weighted by molar-refractivity contribution is 6.16. The molecule has 1 fully saturated rings. The molecule has 11 nitrogen and oxygen atoms in total. The van der Waals surface area contributed by atoms with Crippen molar-refractivity contribution in [3.63, 3.8) is 0 Å². The summed E-state index contributed by atoms with van der Waals surface area (Å²) in [5.41, 5.74) is 6.92. The first-order valence-electron chi connectivity index (χ1n) is 14.4. The third-order valence-electron chi connectivity index (χ3n) is 7.68. The van der Waals surface area contributed by atoms with Crippen LogP contribution in [0.5, 0.6) is 11.5 Å². The SMILES string of the molecule is COc1cc2c(cc1OCCCN1CCCCC1CCO)NCN(c1cccc(F)c1F)C2=Nc1cnn(CC(N)=O)c1. The van der Waals surface area contributed by atoms with Gasteiger partial charge in [-0.05, 0) is 50.4 Å². The lowest BCUT2D eigenvalue weighted by Crippen LogP contribution is -2.41. The Hall–Kier alpha value is -4.23. The Kier molecular flexibility index (Phi) is 9.72. The van der Waals surface area contributed by atoms with Crippen LogP contribution in [0.25, 0.3) is 0 Å². The minimum absolute atomic E-state index is 0.00191. The number of nitrogens with one attached hydrogen (secondary N) is 1. The predicted octanol–water partition coefficient (Wildman–Crippen LogP) is 3.63. The van der Waals surface area contributed by atoms with Gasteiger partial charge in [-0.15, -0.1) is 0 Å². The Morgan fingerprint density at radius 1 is 1.26 bits per heavy atom. The molecule has 0 aliphatic carbocycles. The van der Waals surface area contributed by atoms with E-state index in [2.05, 4.69) is 15.3 Å². The number of anilines is 2. The summed E-state index contributed by atoms with van der Waals surface area (Å²) in [5, 5.41) is 16.8. The van der Waals surface area contributed by atoms with Gasteiger partial charge in [0, 0.05) is 30.8 Å². The Balaban J connectivity index is 1.41. The molecule has 43 heavy (non-hydrogen) atoms. The van der Waals surface area contributed by atoms with Crippen LogP contribution in [0.1, 0.15) is 37.7 Å². The molecule has 0 spiro atoms. The number of piperidine rings is 1. The van der Waals surface area contributed by atoms with E-state index < -0.39 is 17.5 Å². The summed E-state index contributed by atoms with van der Waals surface area (Å²) in [4.78, 5) is 20.0. The lowest BCUT2D eigenvalue weighted by Gasteiger charge is -2.35. The summed E-state index contributed by atoms with van der Waals surface area (Å²) in [5.74, 6) is -1.23. The minimum atomic E-state index is -1.01. The van der Waals surface area contributed by atoms with Crippen molar-refractivity contribution in [1.29, 1.82) is 0 Å². The van der Waals surface area contributed by atoms with Crippen LogP contribution < -0.4 is 25.4 Å². The van der Waals surface area contributed by atoms with Gasteiger partial charge in [0.05, 0.1) is 44.2 Å². The number of amidine groups is 1. The minimum Gasteiger partial charge on any atom is -0.493 e. The molecule has 2 aliphatic rings. The Bertz CT molecular complexity index is 1460. The van der Waals surface area contributed by atoms with Crippen molar-refractivity contribution in [2.75, 3.05) is 50.3 Å². The number of hydrogen-bond donors (Lipinski definition) is 3. The van der Waals surface area contributed by atoms with Crippen LogP contribution in [0, 0.1) is 11.6 Å². The zero-order valence-electron chi connectivity index (χ0n) is 24.1. The number of ether oxygens (including phenoxy) is 2. The number of aliphatic hydroxyl groups is 1. The number of carbonyl (C=O) groups is 1. The van der Waals surface area contributed by atoms with E-state index in [1.165, 1.54) is 47.9 Å². The average Bonchev–Trinajstić information content (AvgIpc) is 3.43. The predicted molar refractivity (Wildman–Crippen MR) is 159 cm³/mol.